The lowest BCUT2D eigenvalue weighted by Crippen LogP contribution is -2.43. The smallest absolute Gasteiger partial charge is 0.251 e. The molecule has 1 aromatic carbocycles. The van der Waals surface area contributed by atoms with Crippen LogP contribution in [0.2, 0.25) is 0 Å². The molecule has 2 rings (SSSR count). The molecule has 1 unspecified atom stereocenters. The molecule has 3 N–H and O–H groups in total. The highest BCUT2D eigenvalue weighted by Gasteiger charge is 2.15. The van der Waals surface area contributed by atoms with Gasteiger partial charge in [0.2, 0.25) is 0 Å². The summed E-state index contributed by atoms with van der Waals surface area (Å²) in [4.78, 5) is 12.0. The summed E-state index contributed by atoms with van der Waals surface area (Å²) in [6.07, 6.45) is 3.57. The van der Waals surface area contributed by atoms with Crippen LogP contribution < -0.4 is 10.6 Å². The van der Waals surface area contributed by atoms with Crippen molar-refractivity contribution < 1.29 is 9.90 Å². The van der Waals surface area contributed by atoms with Crippen LogP contribution >= 0.6 is 0 Å². The number of piperidine rings is 1. The zero-order valence-corrected chi connectivity index (χ0v) is 10.7. The van der Waals surface area contributed by atoms with Crippen LogP contribution in [-0.4, -0.2) is 30.1 Å². The molecule has 1 amide bonds. The normalized spacial score (nSPS) is 19.5. The molecule has 98 valence electrons. The van der Waals surface area contributed by atoms with E-state index in [0.717, 1.165) is 18.5 Å². The van der Waals surface area contributed by atoms with E-state index in [2.05, 4.69) is 10.6 Å². The maximum Gasteiger partial charge on any atom is 0.251 e. The molecule has 18 heavy (non-hydrogen) atoms. The van der Waals surface area contributed by atoms with Gasteiger partial charge in [0.05, 0.1) is 0 Å². The predicted octanol–water partition coefficient (Wildman–Crippen LogP) is 1.57. The van der Waals surface area contributed by atoms with Gasteiger partial charge in [0.25, 0.3) is 5.91 Å². The van der Waals surface area contributed by atoms with E-state index >= 15 is 0 Å². The highest BCUT2D eigenvalue weighted by atomic mass is 16.3. The van der Waals surface area contributed by atoms with Gasteiger partial charge < -0.3 is 15.7 Å². The van der Waals surface area contributed by atoms with Crippen molar-refractivity contribution in [1.29, 1.82) is 0 Å². The first-order valence-electron chi connectivity index (χ1n) is 6.48. The summed E-state index contributed by atoms with van der Waals surface area (Å²) in [5.41, 5.74) is 1.42. The van der Waals surface area contributed by atoms with E-state index in [1.807, 2.05) is 6.92 Å². The van der Waals surface area contributed by atoms with Crippen molar-refractivity contribution in [2.45, 2.75) is 32.2 Å². The SMILES string of the molecule is Cc1cc(O)ccc1C(=O)NCC1CCCCN1. The third-order valence-electron chi connectivity index (χ3n) is 3.38. The van der Waals surface area contributed by atoms with Gasteiger partial charge in [0, 0.05) is 18.2 Å². The van der Waals surface area contributed by atoms with E-state index in [-0.39, 0.29) is 11.7 Å². The summed E-state index contributed by atoms with van der Waals surface area (Å²) in [5.74, 6) is 0.123. The molecule has 1 aliphatic rings. The highest BCUT2D eigenvalue weighted by Crippen LogP contribution is 2.15. The van der Waals surface area contributed by atoms with Gasteiger partial charge >= 0.3 is 0 Å². The Bertz CT molecular complexity index is 426. The number of carbonyl (C=O) groups is 1. The molecular weight excluding hydrogens is 228 g/mol. The van der Waals surface area contributed by atoms with Crippen LogP contribution in [0.15, 0.2) is 18.2 Å². The quantitative estimate of drug-likeness (QED) is 0.761. The lowest BCUT2D eigenvalue weighted by molar-refractivity contribution is 0.0947. The Hall–Kier alpha value is -1.55. The minimum atomic E-state index is -0.0696. The van der Waals surface area contributed by atoms with Crippen molar-refractivity contribution in [2.24, 2.45) is 0 Å². The molecule has 1 atom stereocenters. The van der Waals surface area contributed by atoms with Gasteiger partial charge in [-0.25, -0.2) is 0 Å². The number of hydrogen-bond donors (Lipinski definition) is 3. The highest BCUT2D eigenvalue weighted by molar-refractivity contribution is 5.95. The summed E-state index contributed by atoms with van der Waals surface area (Å²) in [6, 6.07) is 5.20. The van der Waals surface area contributed by atoms with E-state index in [4.69, 9.17) is 0 Å². The second-order valence-corrected chi connectivity index (χ2v) is 4.86. The number of phenolic OH excluding ortho intramolecular Hbond substituents is 1. The molecule has 0 aliphatic carbocycles. The molecule has 0 radical (unpaired) electrons. The van der Waals surface area contributed by atoms with Crippen LogP contribution in [0.1, 0.15) is 35.2 Å². The molecule has 0 aromatic heterocycles. The van der Waals surface area contributed by atoms with Gasteiger partial charge in [-0.05, 0) is 50.1 Å². The maximum absolute atomic E-state index is 12.0. The van der Waals surface area contributed by atoms with Crippen LogP contribution in [0, 0.1) is 6.92 Å². The van der Waals surface area contributed by atoms with Gasteiger partial charge in [-0.15, -0.1) is 0 Å². The zero-order valence-electron chi connectivity index (χ0n) is 10.7. The Morgan fingerprint density at radius 2 is 2.33 bits per heavy atom. The van der Waals surface area contributed by atoms with E-state index in [9.17, 15) is 9.90 Å². The minimum absolute atomic E-state index is 0.0696. The first kappa shape index (κ1) is 12.9. The lowest BCUT2D eigenvalue weighted by atomic mass is 10.0. The van der Waals surface area contributed by atoms with E-state index in [1.54, 1.807) is 18.2 Å². The Kier molecular flexibility index (Phi) is 4.20. The van der Waals surface area contributed by atoms with Crippen LogP contribution in [0.25, 0.3) is 0 Å². The topological polar surface area (TPSA) is 61.4 Å². The Morgan fingerprint density at radius 1 is 1.50 bits per heavy atom. The fraction of sp³-hybridized carbons (Fsp3) is 0.500. The van der Waals surface area contributed by atoms with Crippen LogP contribution in [0.3, 0.4) is 0 Å². The van der Waals surface area contributed by atoms with Gasteiger partial charge in [0.15, 0.2) is 0 Å². The van der Waals surface area contributed by atoms with E-state index in [1.165, 1.54) is 12.8 Å². The molecular formula is C14H20N2O2. The lowest BCUT2D eigenvalue weighted by Gasteiger charge is -2.23. The molecule has 1 fully saturated rings. The number of aryl methyl sites for hydroxylation is 1. The van der Waals surface area contributed by atoms with Crippen LogP contribution in [0.4, 0.5) is 0 Å². The fourth-order valence-electron chi connectivity index (χ4n) is 2.31. The van der Waals surface area contributed by atoms with E-state index in [0.29, 0.717) is 18.2 Å². The Labute approximate surface area is 107 Å². The number of hydrogen-bond acceptors (Lipinski definition) is 3. The van der Waals surface area contributed by atoms with Crippen molar-refractivity contribution in [1.82, 2.24) is 10.6 Å². The molecule has 4 heteroatoms. The average Bonchev–Trinajstić information content (AvgIpc) is 2.37. The molecule has 0 bridgehead atoms. The van der Waals surface area contributed by atoms with Crippen molar-refractivity contribution in [2.75, 3.05) is 13.1 Å². The van der Waals surface area contributed by atoms with Crippen molar-refractivity contribution >= 4 is 5.91 Å². The minimum Gasteiger partial charge on any atom is -0.508 e. The third-order valence-corrected chi connectivity index (χ3v) is 3.38. The summed E-state index contributed by atoms with van der Waals surface area (Å²) >= 11 is 0. The first-order chi connectivity index (χ1) is 8.66. The summed E-state index contributed by atoms with van der Waals surface area (Å²) in [5, 5.41) is 15.7. The van der Waals surface area contributed by atoms with Gasteiger partial charge in [-0.2, -0.15) is 0 Å². The second kappa shape index (κ2) is 5.87. The number of rotatable bonds is 3. The summed E-state index contributed by atoms with van der Waals surface area (Å²) in [7, 11) is 0. The molecule has 0 spiro atoms. The monoisotopic (exact) mass is 248 g/mol. The Balaban J connectivity index is 1.90. The average molecular weight is 248 g/mol. The zero-order chi connectivity index (χ0) is 13.0. The molecule has 1 aromatic rings. The number of aromatic hydroxyl groups is 1. The first-order valence-corrected chi connectivity index (χ1v) is 6.48. The fourth-order valence-corrected chi connectivity index (χ4v) is 2.31. The number of benzene rings is 1. The van der Waals surface area contributed by atoms with Gasteiger partial charge in [0.1, 0.15) is 5.75 Å². The number of amides is 1. The molecule has 1 heterocycles. The molecule has 1 saturated heterocycles. The molecule has 0 saturated carbocycles. The number of carbonyl (C=O) groups excluding carboxylic acids is 1. The summed E-state index contributed by atoms with van der Waals surface area (Å²) < 4.78 is 0. The van der Waals surface area contributed by atoms with Crippen LogP contribution in [0.5, 0.6) is 5.75 Å². The largest absolute Gasteiger partial charge is 0.508 e. The van der Waals surface area contributed by atoms with Gasteiger partial charge in [-0.3, -0.25) is 4.79 Å². The predicted molar refractivity (Wildman–Crippen MR) is 70.8 cm³/mol. The number of nitrogens with one attached hydrogen (secondary N) is 2. The van der Waals surface area contributed by atoms with Crippen molar-refractivity contribution in [3.05, 3.63) is 29.3 Å². The second-order valence-electron chi connectivity index (χ2n) is 4.86. The van der Waals surface area contributed by atoms with Crippen molar-refractivity contribution in [3.63, 3.8) is 0 Å². The number of phenols is 1. The standard InChI is InChI=1S/C14H20N2O2/c1-10-8-12(17)5-6-13(10)14(18)16-9-11-4-2-3-7-15-11/h5-6,8,11,15,17H,2-4,7,9H2,1H3,(H,16,18). The summed E-state index contributed by atoms with van der Waals surface area (Å²) in [6.45, 7) is 3.53. The van der Waals surface area contributed by atoms with Crippen molar-refractivity contribution in [3.8, 4) is 5.75 Å². The third kappa shape index (κ3) is 3.23. The van der Waals surface area contributed by atoms with Crippen LogP contribution in [-0.2, 0) is 0 Å². The van der Waals surface area contributed by atoms with E-state index < -0.39 is 0 Å². The molecule has 4 nitrogen and oxygen atoms in total. The van der Waals surface area contributed by atoms with Gasteiger partial charge in [-0.1, -0.05) is 6.42 Å². The Morgan fingerprint density at radius 3 is 3.00 bits per heavy atom. The molecule has 1 aliphatic heterocycles. The maximum atomic E-state index is 12.0.